The van der Waals surface area contributed by atoms with Crippen molar-refractivity contribution >= 4 is 50.5 Å². The van der Waals surface area contributed by atoms with Crippen molar-refractivity contribution in [1.29, 1.82) is 0 Å². The molecule has 0 bridgehead atoms. The van der Waals surface area contributed by atoms with Crippen LogP contribution in [0, 0.1) is 6.92 Å². The molecule has 186 valence electrons. The van der Waals surface area contributed by atoms with Gasteiger partial charge in [0.05, 0.1) is 28.4 Å². The average molecular weight is 547 g/mol. The second-order valence-electron chi connectivity index (χ2n) is 7.39. The molecular weight excluding hydrogens is 528 g/mol. The Bertz CT molecular complexity index is 1350. The lowest BCUT2D eigenvalue weighted by Gasteiger charge is -2.25. The number of nitrogens with one attached hydrogen (secondary N) is 1. The van der Waals surface area contributed by atoms with Gasteiger partial charge in [0.2, 0.25) is 5.91 Å². The summed E-state index contributed by atoms with van der Waals surface area (Å²) in [5, 5.41) is 2.64. The number of benzene rings is 3. The van der Waals surface area contributed by atoms with Gasteiger partial charge in [-0.1, -0.05) is 29.3 Å². The molecule has 1 amide bonds. The second kappa shape index (κ2) is 10.3. The Morgan fingerprint density at radius 2 is 1.66 bits per heavy atom. The number of aryl methyl sites for hydroxylation is 1. The van der Waals surface area contributed by atoms with Crippen molar-refractivity contribution in [3.8, 4) is 5.75 Å². The van der Waals surface area contributed by atoms with Crippen molar-refractivity contribution in [3.05, 3.63) is 81.8 Å². The van der Waals surface area contributed by atoms with Gasteiger partial charge >= 0.3 is 6.18 Å². The van der Waals surface area contributed by atoms with E-state index in [1.54, 1.807) is 13.0 Å². The topological polar surface area (TPSA) is 75.7 Å². The third kappa shape index (κ3) is 6.19. The molecule has 12 heteroatoms. The fourth-order valence-corrected chi connectivity index (χ4v) is 5.08. The van der Waals surface area contributed by atoms with Gasteiger partial charge < -0.3 is 10.1 Å². The summed E-state index contributed by atoms with van der Waals surface area (Å²) in [4.78, 5) is 12.6. The van der Waals surface area contributed by atoms with E-state index in [1.165, 1.54) is 37.4 Å². The van der Waals surface area contributed by atoms with E-state index in [1.807, 2.05) is 0 Å². The molecule has 0 heterocycles. The van der Waals surface area contributed by atoms with Gasteiger partial charge in [0.15, 0.2) is 0 Å². The Hall–Kier alpha value is -2.95. The summed E-state index contributed by atoms with van der Waals surface area (Å²) < 4.78 is 71.7. The molecule has 0 radical (unpaired) electrons. The predicted molar refractivity (Wildman–Crippen MR) is 129 cm³/mol. The zero-order valence-corrected chi connectivity index (χ0v) is 20.7. The second-order valence-corrected chi connectivity index (χ2v) is 10.0. The van der Waals surface area contributed by atoms with Crippen LogP contribution in [0.3, 0.4) is 0 Å². The number of ether oxygens (including phenoxy) is 1. The fourth-order valence-electron chi connectivity index (χ4n) is 3.13. The van der Waals surface area contributed by atoms with Gasteiger partial charge in [-0.3, -0.25) is 9.10 Å². The molecular formula is C23H19Cl2F3N2O4S. The van der Waals surface area contributed by atoms with Gasteiger partial charge in [-0.05, 0) is 67.1 Å². The lowest BCUT2D eigenvalue weighted by atomic mass is 10.2. The van der Waals surface area contributed by atoms with E-state index in [0.717, 1.165) is 28.6 Å². The van der Waals surface area contributed by atoms with Crippen molar-refractivity contribution in [1.82, 2.24) is 0 Å². The van der Waals surface area contributed by atoms with Crippen LogP contribution < -0.4 is 14.4 Å². The molecule has 0 aliphatic heterocycles. The van der Waals surface area contributed by atoms with Crippen molar-refractivity contribution in [2.24, 2.45) is 0 Å². The van der Waals surface area contributed by atoms with E-state index in [0.29, 0.717) is 5.56 Å². The monoisotopic (exact) mass is 546 g/mol. The number of alkyl halides is 3. The molecule has 0 aliphatic carbocycles. The zero-order valence-electron chi connectivity index (χ0n) is 18.4. The van der Waals surface area contributed by atoms with Crippen molar-refractivity contribution in [2.75, 3.05) is 23.3 Å². The van der Waals surface area contributed by atoms with E-state index in [2.05, 4.69) is 5.32 Å². The molecule has 0 saturated carbocycles. The number of anilines is 2. The molecule has 0 unspecified atom stereocenters. The first kappa shape index (κ1) is 26.7. The van der Waals surface area contributed by atoms with Gasteiger partial charge in [0, 0.05) is 5.69 Å². The molecule has 3 aromatic rings. The summed E-state index contributed by atoms with van der Waals surface area (Å²) in [6.07, 6.45) is -4.53. The van der Waals surface area contributed by atoms with E-state index in [9.17, 15) is 26.4 Å². The number of nitrogens with zero attached hydrogens (tertiary/aromatic N) is 1. The quantitative estimate of drug-likeness (QED) is 0.385. The Morgan fingerprint density at radius 3 is 2.23 bits per heavy atom. The molecule has 3 aromatic carbocycles. The van der Waals surface area contributed by atoms with Gasteiger partial charge in [-0.15, -0.1) is 0 Å². The van der Waals surface area contributed by atoms with Crippen molar-refractivity contribution in [2.45, 2.75) is 18.0 Å². The van der Waals surface area contributed by atoms with E-state index >= 15 is 0 Å². The number of carbonyl (C=O) groups excluding carboxylic acids is 1. The summed E-state index contributed by atoms with van der Waals surface area (Å²) in [5.41, 5.74) is -0.150. The van der Waals surface area contributed by atoms with Crippen LogP contribution in [0.5, 0.6) is 5.75 Å². The minimum absolute atomic E-state index is 0.0468. The first-order valence-electron chi connectivity index (χ1n) is 9.92. The van der Waals surface area contributed by atoms with E-state index in [4.69, 9.17) is 27.9 Å². The van der Waals surface area contributed by atoms with Crippen molar-refractivity contribution < 1.29 is 31.1 Å². The third-order valence-electron chi connectivity index (χ3n) is 4.86. The van der Waals surface area contributed by atoms with Gasteiger partial charge in [-0.25, -0.2) is 8.42 Å². The molecule has 1 N–H and O–H groups in total. The average Bonchev–Trinajstić information content (AvgIpc) is 2.79. The largest absolute Gasteiger partial charge is 0.495 e. The lowest BCUT2D eigenvalue weighted by molar-refractivity contribution is -0.137. The first-order valence-corrected chi connectivity index (χ1v) is 12.1. The van der Waals surface area contributed by atoms with Crippen LogP contribution in [0.1, 0.15) is 11.1 Å². The summed E-state index contributed by atoms with van der Waals surface area (Å²) in [6, 6.07) is 12.3. The molecule has 0 aliphatic rings. The van der Waals surface area contributed by atoms with E-state index < -0.39 is 34.2 Å². The number of sulfonamides is 1. The first-order chi connectivity index (χ1) is 16.3. The highest BCUT2D eigenvalue weighted by atomic mass is 35.5. The highest BCUT2D eigenvalue weighted by Crippen LogP contribution is 2.34. The maximum Gasteiger partial charge on any atom is 0.416 e. The lowest BCUT2D eigenvalue weighted by Crippen LogP contribution is -2.38. The van der Waals surface area contributed by atoms with Crippen LogP contribution in [-0.2, 0) is 21.0 Å². The molecule has 0 spiro atoms. The van der Waals surface area contributed by atoms with Crippen LogP contribution in [0.4, 0.5) is 24.5 Å². The summed E-state index contributed by atoms with van der Waals surface area (Å²) in [5.74, 6) is -0.741. The highest BCUT2D eigenvalue weighted by molar-refractivity contribution is 7.93. The maximum absolute atomic E-state index is 13.7. The molecule has 35 heavy (non-hydrogen) atoms. The Kier molecular flexibility index (Phi) is 7.88. The summed E-state index contributed by atoms with van der Waals surface area (Å²) in [7, 11) is -3.06. The standard InChI is InChI=1S/C23H19Cl2F3N2O4S/c1-14-3-10-20(34-2)21(11-14)35(32,33)30(17-8-9-18(24)19(25)12-17)13-22(31)29-16-6-4-15(5-7-16)23(26,27)28/h3-12H,13H2,1-2H3,(H,29,31). The van der Waals surface area contributed by atoms with Crippen LogP contribution >= 0.6 is 23.2 Å². The number of hydrogen-bond donors (Lipinski definition) is 1. The molecule has 0 aromatic heterocycles. The Labute approximate surface area is 210 Å². The molecule has 0 fully saturated rings. The van der Waals surface area contributed by atoms with Gasteiger partial charge in [0.25, 0.3) is 10.0 Å². The number of hydrogen-bond acceptors (Lipinski definition) is 4. The van der Waals surface area contributed by atoms with Crippen LogP contribution in [0.25, 0.3) is 0 Å². The molecule has 0 saturated heterocycles. The number of rotatable bonds is 7. The third-order valence-corrected chi connectivity index (χ3v) is 7.40. The summed E-state index contributed by atoms with van der Waals surface area (Å²) in [6.45, 7) is 0.984. The van der Waals surface area contributed by atoms with Gasteiger partial charge in [-0.2, -0.15) is 13.2 Å². The smallest absolute Gasteiger partial charge is 0.416 e. The normalized spacial score (nSPS) is 11.7. The highest BCUT2D eigenvalue weighted by Gasteiger charge is 2.32. The molecule has 0 atom stereocenters. The Morgan fingerprint density at radius 1 is 1.00 bits per heavy atom. The summed E-state index contributed by atoms with van der Waals surface area (Å²) >= 11 is 12.0. The minimum Gasteiger partial charge on any atom is -0.495 e. The SMILES string of the molecule is COc1ccc(C)cc1S(=O)(=O)N(CC(=O)Nc1ccc(C(F)(F)F)cc1)c1ccc(Cl)c(Cl)c1. The Balaban J connectivity index is 1.99. The minimum atomic E-state index is -4.53. The number of halogens is 5. The number of carbonyl (C=O) groups is 1. The van der Waals surface area contributed by atoms with E-state index in [-0.39, 0.29) is 32.1 Å². The van der Waals surface area contributed by atoms with Crippen molar-refractivity contribution in [3.63, 3.8) is 0 Å². The fraction of sp³-hybridized carbons (Fsp3) is 0.174. The maximum atomic E-state index is 13.7. The number of amides is 1. The van der Waals surface area contributed by atoms with Crippen LogP contribution in [-0.4, -0.2) is 28.0 Å². The molecule has 3 rings (SSSR count). The van der Waals surface area contributed by atoms with Crippen LogP contribution in [0.2, 0.25) is 10.0 Å². The predicted octanol–water partition coefficient (Wildman–Crippen LogP) is 6.16. The van der Waals surface area contributed by atoms with Crippen LogP contribution in [0.15, 0.2) is 65.6 Å². The molecule has 6 nitrogen and oxygen atoms in total. The zero-order chi connectivity index (χ0) is 26.0. The number of methoxy groups -OCH3 is 1. The van der Waals surface area contributed by atoms with Gasteiger partial charge in [0.1, 0.15) is 17.2 Å².